The Kier molecular flexibility index (Phi) is 6.19. The predicted octanol–water partition coefficient (Wildman–Crippen LogP) is 3.94. The van der Waals surface area contributed by atoms with Gasteiger partial charge in [0.25, 0.3) is 5.91 Å². The van der Waals surface area contributed by atoms with E-state index in [0.717, 1.165) is 23.5 Å². The van der Waals surface area contributed by atoms with Crippen LogP contribution in [-0.2, 0) is 11.2 Å². The van der Waals surface area contributed by atoms with Crippen molar-refractivity contribution in [3.8, 4) is 11.5 Å². The van der Waals surface area contributed by atoms with E-state index in [4.69, 9.17) is 15.2 Å². The molecule has 0 saturated carbocycles. The Labute approximate surface area is 163 Å². The van der Waals surface area contributed by atoms with Gasteiger partial charge in [-0.1, -0.05) is 25.1 Å². The highest BCUT2D eigenvalue weighted by Gasteiger charge is 2.19. The zero-order valence-electron chi connectivity index (χ0n) is 15.4. The Morgan fingerprint density at radius 1 is 1.07 bits per heavy atom. The van der Waals surface area contributed by atoms with Crippen LogP contribution in [0.2, 0.25) is 0 Å². The van der Waals surface area contributed by atoms with Crippen LogP contribution in [0.25, 0.3) is 6.08 Å². The molecule has 0 atom stereocenters. The molecule has 27 heavy (non-hydrogen) atoms. The Balaban J connectivity index is 1.49. The molecule has 0 spiro atoms. The summed E-state index contributed by atoms with van der Waals surface area (Å²) in [4.78, 5) is 15.8. The summed E-state index contributed by atoms with van der Waals surface area (Å²) in [5, 5.41) is 0.283. The first kappa shape index (κ1) is 19.0. The molecule has 0 aliphatic carbocycles. The lowest BCUT2D eigenvalue weighted by atomic mass is 10.1. The topological polar surface area (TPSA) is 73.9 Å². The normalized spacial score (nSPS) is 15.1. The molecule has 2 aromatic carbocycles. The van der Waals surface area contributed by atoms with Crippen molar-refractivity contribution in [3.05, 3.63) is 64.1 Å². The van der Waals surface area contributed by atoms with E-state index in [2.05, 4.69) is 31.0 Å². The van der Waals surface area contributed by atoms with Crippen molar-refractivity contribution >= 4 is 28.9 Å². The Bertz CT molecular complexity index is 889. The van der Waals surface area contributed by atoms with E-state index in [-0.39, 0.29) is 11.1 Å². The molecular weight excluding hydrogens is 360 g/mol. The second-order valence-electron chi connectivity index (χ2n) is 6.14. The quantitative estimate of drug-likeness (QED) is 0.580. The molecule has 0 unspecified atom stereocenters. The van der Waals surface area contributed by atoms with Crippen LogP contribution in [0.4, 0.5) is 0 Å². The van der Waals surface area contributed by atoms with Gasteiger partial charge in [0.1, 0.15) is 24.7 Å². The van der Waals surface area contributed by atoms with Crippen LogP contribution in [0.3, 0.4) is 0 Å². The van der Waals surface area contributed by atoms with Crippen LogP contribution in [-0.4, -0.2) is 24.3 Å². The number of carbonyl (C=O) groups excluding carboxylic acids is 1. The molecule has 1 amide bonds. The number of amides is 1. The van der Waals surface area contributed by atoms with Gasteiger partial charge in [-0.05, 0) is 72.1 Å². The van der Waals surface area contributed by atoms with Crippen molar-refractivity contribution in [2.75, 3.05) is 13.2 Å². The Morgan fingerprint density at radius 3 is 2.41 bits per heavy atom. The third-order valence-electron chi connectivity index (χ3n) is 3.95. The molecule has 0 aromatic heterocycles. The molecule has 1 aliphatic heterocycles. The minimum atomic E-state index is -0.294. The van der Waals surface area contributed by atoms with Gasteiger partial charge in [0.15, 0.2) is 5.17 Å². The fourth-order valence-corrected chi connectivity index (χ4v) is 3.35. The SMILES string of the molecule is CCc1cc(C)cc(OCCOc2ccc(/C=C3\SC(N)=NC3=O)cc2)c1. The molecule has 3 rings (SSSR count). The van der Waals surface area contributed by atoms with Crippen LogP contribution < -0.4 is 15.2 Å². The molecule has 1 aliphatic rings. The van der Waals surface area contributed by atoms with Gasteiger partial charge in [-0.2, -0.15) is 4.99 Å². The second-order valence-corrected chi connectivity index (χ2v) is 7.20. The molecular formula is C21H22N2O3S. The first-order valence-corrected chi connectivity index (χ1v) is 9.59. The molecule has 0 bridgehead atoms. The number of amidine groups is 1. The average molecular weight is 382 g/mol. The number of hydrogen-bond donors (Lipinski definition) is 1. The summed E-state index contributed by atoms with van der Waals surface area (Å²) < 4.78 is 11.5. The predicted molar refractivity (Wildman–Crippen MR) is 110 cm³/mol. The minimum Gasteiger partial charge on any atom is -0.490 e. The number of hydrogen-bond acceptors (Lipinski definition) is 5. The number of ether oxygens (including phenoxy) is 2. The van der Waals surface area contributed by atoms with Gasteiger partial charge < -0.3 is 15.2 Å². The molecule has 0 radical (unpaired) electrons. The van der Waals surface area contributed by atoms with Crippen LogP contribution in [0, 0.1) is 6.92 Å². The summed E-state index contributed by atoms with van der Waals surface area (Å²) in [7, 11) is 0. The van der Waals surface area contributed by atoms with Crippen LogP contribution >= 0.6 is 11.8 Å². The highest BCUT2D eigenvalue weighted by Crippen LogP contribution is 2.26. The number of aliphatic imine (C=N–C) groups is 1. The average Bonchev–Trinajstić information content (AvgIpc) is 2.96. The first-order valence-electron chi connectivity index (χ1n) is 8.78. The van der Waals surface area contributed by atoms with Crippen molar-refractivity contribution in [1.82, 2.24) is 0 Å². The lowest BCUT2D eigenvalue weighted by molar-refractivity contribution is -0.113. The van der Waals surface area contributed by atoms with Gasteiger partial charge in [-0.3, -0.25) is 4.79 Å². The standard InChI is InChI=1S/C21H22N2O3S/c1-3-15-10-14(2)11-18(12-15)26-9-8-25-17-6-4-16(5-7-17)13-19-20(24)23-21(22)27-19/h4-7,10-13H,3,8-9H2,1-2H3,(H2,22,23,24)/b19-13-. The van der Waals surface area contributed by atoms with Gasteiger partial charge in [0.05, 0.1) is 4.91 Å². The second kappa shape index (κ2) is 8.77. The number of thioether (sulfide) groups is 1. The van der Waals surface area contributed by atoms with E-state index >= 15 is 0 Å². The molecule has 6 heteroatoms. The number of carbonyl (C=O) groups is 1. The molecule has 0 fully saturated rings. The fourth-order valence-electron chi connectivity index (χ4n) is 2.67. The van der Waals surface area contributed by atoms with E-state index in [9.17, 15) is 4.79 Å². The highest BCUT2D eigenvalue weighted by molar-refractivity contribution is 8.18. The molecule has 140 valence electrons. The summed E-state index contributed by atoms with van der Waals surface area (Å²) in [6.45, 7) is 5.12. The maximum Gasteiger partial charge on any atom is 0.286 e. The number of rotatable bonds is 7. The fraction of sp³-hybridized carbons (Fsp3) is 0.238. The first-order chi connectivity index (χ1) is 13.0. The molecule has 2 N–H and O–H groups in total. The van der Waals surface area contributed by atoms with E-state index in [1.54, 1.807) is 6.08 Å². The smallest absolute Gasteiger partial charge is 0.286 e. The van der Waals surface area contributed by atoms with Crippen molar-refractivity contribution < 1.29 is 14.3 Å². The summed E-state index contributed by atoms with van der Waals surface area (Å²) >= 11 is 1.18. The zero-order chi connectivity index (χ0) is 19.2. The van der Waals surface area contributed by atoms with Crippen LogP contribution in [0.5, 0.6) is 11.5 Å². The van der Waals surface area contributed by atoms with Crippen molar-refractivity contribution in [2.45, 2.75) is 20.3 Å². The van der Waals surface area contributed by atoms with Gasteiger partial charge in [-0.25, -0.2) is 0 Å². The summed E-state index contributed by atoms with van der Waals surface area (Å²) in [6, 6.07) is 13.8. The van der Waals surface area contributed by atoms with E-state index < -0.39 is 0 Å². The lowest BCUT2D eigenvalue weighted by Crippen LogP contribution is -2.09. The Hall–Kier alpha value is -2.73. The Morgan fingerprint density at radius 2 is 1.78 bits per heavy atom. The lowest BCUT2D eigenvalue weighted by Gasteiger charge is -2.10. The largest absolute Gasteiger partial charge is 0.490 e. The van der Waals surface area contributed by atoms with Crippen molar-refractivity contribution in [3.63, 3.8) is 0 Å². The van der Waals surface area contributed by atoms with Gasteiger partial charge in [-0.15, -0.1) is 0 Å². The summed E-state index contributed by atoms with van der Waals surface area (Å²) in [6.07, 6.45) is 2.76. The van der Waals surface area contributed by atoms with Gasteiger partial charge in [0, 0.05) is 0 Å². The van der Waals surface area contributed by atoms with Gasteiger partial charge >= 0.3 is 0 Å². The highest BCUT2D eigenvalue weighted by atomic mass is 32.2. The minimum absolute atomic E-state index is 0.283. The van der Waals surface area contributed by atoms with Gasteiger partial charge in [0.2, 0.25) is 0 Å². The van der Waals surface area contributed by atoms with E-state index in [0.29, 0.717) is 18.1 Å². The summed E-state index contributed by atoms with van der Waals surface area (Å²) in [5.41, 5.74) is 8.90. The van der Waals surface area contributed by atoms with E-state index in [1.165, 1.54) is 22.9 Å². The van der Waals surface area contributed by atoms with E-state index in [1.807, 2.05) is 30.3 Å². The monoisotopic (exact) mass is 382 g/mol. The zero-order valence-corrected chi connectivity index (χ0v) is 16.2. The summed E-state index contributed by atoms with van der Waals surface area (Å²) in [5.74, 6) is 1.33. The molecule has 1 heterocycles. The van der Waals surface area contributed by atoms with Crippen molar-refractivity contribution in [2.24, 2.45) is 10.7 Å². The molecule has 0 saturated heterocycles. The van der Waals surface area contributed by atoms with Crippen molar-refractivity contribution in [1.29, 1.82) is 0 Å². The third-order valence-corrected chi connectivity index (χ3v) is 4.77. The maximum absolute atomic E-state index is 11.6. The molecule has 2 aromatic rings. The molecule has 5 nitrogen and oxygen atoms in total. The van der Waals surface area contributed by atoms with Crippen LogP contribution in [0.15, 0.2) is 52.4 Å². The maximum atomic E-state index is 11.6. The number of nitrogens with zero attached hydrogens (tertiary/aromatic N) is 1. The third kappa shape index (κ3) is 5.37. The number of benzene rings is 2. The number of aryl methyl sites for hydroxylation is 2. The van der Waals surface area contributed by atoms with Crippen LogP contribution in [0.1, 0.15) is 23.6 Å². The number of nitrogens with two attached hydrogens (primary N) is 1.